The first-order valence-corrected chi connectivity index (χ1v) is 11.7. The molecule has 0 aromatic heterocycles. The maximum absolute atomic E-state index is 11.5. The first-order chi connectivity index (χ1) is 12.7. The van der Waals surface area contributed by atoms with Crippen LogP contribution in [0.5, 0.6) is 0 Å². The van der Waals surface area contributed by atoms with Crippen LogP contribution < -0.4 is 0 Å². The van der Waals surface area contributed by atoms with Crippen LogP contribution in [0.3, 0.4) is 0 Å². The van der Waals surface area contributed by atoms with Gasteiger partial charge in [-0.15, -0.1) is 0 Å². The maximum atomic E-state index is 11.5. The number of carbonyl (C=O) groups excluding carboxylic acids is 1. The predicted octanol–water partition coefficient (Wildman–Crippen LogP) is 3.45. The fourth-order valence-electron chi connectivity index (χ4n) is 1.59. The van der Waals surface area contributed by atoms with Crippen molar-refractivity contribution in [1.82, 2.24) is 0 Å². The number of aliphatic carboxylic acids is 1. The SMILES string of the molecule is CC(=O)O.CC(C)(C#CCC(O)C(=O)OCCSI)OCc1ccccc1. The van der Waals surface area contributed by atoms with Crippen molar-refractivity contribution < 1.29 is 29.3 Å². The van der Waals surface area contributed by atoms with E-state index in [0.29, 0.717) is 19.0 Å². The molecule has 0 fully saturated rings. The van der Waals surface area contributed by atoms with Crippen LogP contribution in [0.15, 0.2) is 30.3 Å². The second-order valence-corrected chi connectivity index (χ2v) is 8.30. The molecule has 0 amide bonds. The molecule has 6 nitrogen and oxygen atoms in total. The summed E-state index contributed by atoms with van der Waals surface area (Å²) < 4.78 is 10.7. The molecular formula is C19H25IO6S. The van der Waals surface area contributed by atoms with E-state index in [1.165, 1.54) is 0 Å². The molecule has 0 radical (unpaired) electrons. The van der Waals surface area contributed by atoms with Crippen molar-refractivity contribution >= 4 is 42.1 Å². The number of rotatable bonds is 8. The molecular weight excluding hydrogens is 483 g/mol. The Morgan fingerprint density at radius 1 is 1.30 bits per heavy atom. The Kier molecular flexibility index (Phi) is 14.0. The van der Waals surface area contributed by atoms with Gasteiger partial charge in [0.1, 0.15) is 12.2 Å². The topological polar surface area (TPSA) is 93.1 Å². The second kappa shape index (κ2) is 14.7. The highest BCUT2D eigenvalue weighted by Crippen LogP contribution is 2.12. The Morgan fingerprint density at radius 2 is 1.89 bits per heavy atom. The van der Waals surface area contributed by atoms with Crippen LogP contribution in [0.4, 0.5) is 0 Å². The number of hydrogen-bond donors (Lipinski definition) is 2. The van der Waals surface area contributed by atoms with E-state index >= 15 is 0 Å². The summed E-state index contributed by atoms with van der Waals surface area (Å²) in [6.45, 7) is 5.54. The summed E-state index contributed by atoms with van der Waals surface area (Å²) in [5.41, 5.74) is 0.413. The van der Waals surface area contributed by atoms with E-state index < -0.39 is 23.6 Å². The van der Waals surface area contributed by atoms with E-state index in [-0.39, 0.29) is 6.42 Å². The molecule has 0 spiro atoms. The summed E-state index contributed by atoms with van der Waals surface area (Å²) in [6, 6.07) is 9.83. The van der Waals surface area contributed by atoms with Gasteiger partial charge in [-0.25, -0.2) is 4.79 Å². The molecule has 1 rings (SSSR count). The number of carbonyl (C=O) groups is 2. The van der Waals surface area contributed by atoms with Gasteiger partial charge in [-0.2, -0.15) is 0 Å². The Hall–Kier alpha value is -1.28. The van der Waals surface area contributed by atoms with Gasteiger partial charge in [-0.1, -0.05) is 51.1 Å². The molecule has 1 atom stereocenters. The summed E-state index contributed by atoms with van der Waals surface area (Å²) in [5.74, 6) is 4.97. The van der Waals surface area contributed by atoms with Crippen LogP contribution >= 0.6 is 30.1 Å². The largest absolute Gasteiger partial charge is 0.481 e. The summed E-state index contributed by atoms with van der Waals surface area (Å²) in [7, 11) is 1.55. The fourth-order valence-corrected chi connectivity index (χ4v) is 2.27. The maximum Gasteiger partial charge on any atom is 0.335 e. The van der Waals surface area contributed by atoms with Crippen LogP contribution in [0.25, 0.3) is 0 Å². The van der Waals surface area contributed by atoms with E-state index in [4.69, 9.17) is 19.4 Å². The smallest absolute Gasteiger partial charge is 0.335 e. The third-order valence-corrected chi connectivity index (χ3v) is 4.45. The Bertz CT molecular complexity index is 620. The molecule has 0 aliphatic carbocycles. The van der Waals surface area contributed by atoms with Gasteiger partial charge in [-0.05, 0) is 40.6 Å². The molecule has 0 saturated heterocycles. The lowest BCUT2D eigenvalue weighted by Crippen LogP contribution is -2.24. The number of esters is 1. The quantitative estimate of drug-likeness (QED) is 0.241. The van der Waals surface area contributed by atoms with Crippen molar-refractivity contribution in [3.05, 3.63) is 35.9 Å². The van der Waals surface area contributed by atoms with Crippen LogP contribution in [0.1, 0.15) is 32.8 Å². The molecule has 0 bridgehead atoms. The standard InChI is InChI=1S/C17H21IO4S.C2H4O2/c1-17(2,22-13-14-7-4-3-5-8-14)10-6-9-15(19)16(20)21-11-12-23-18;1-2(3)4/h3-5,7-8,15,19H,9,11-13H2,1-2H3;1H3,(H,3,4). The van der Waals surface area contributed by atoms with E-state index in [0.717, 1.165) is 12.5 Å². The number of halogens is 1. The van der Waals surface area contributed by atoms with Crippen molar-refractivity contribution in [1.29, 1.82) is 0 Å². The molecule has 8 heteroatoms. The number of aliphatic hydroxyl groups is 1. The molecule has 27 heavy (non-hydrogen) atoms. The first kappa shape index (κ1) is 25.7. The molecule has 1 aromatic carbocycles. The molecule has 1 unspecified atom stereocenters. The molecule has 0 saturated carbocycles. The molecule has 0 aliphatic rings. The van der Waals surface area contributed by atoms with Gasteiger partial charge in [0.2, 0.25) is 0 Å². The lowest BCUT2D eigenvalue weighted by atomic mass is 10.1. The molecule has 0 aliphatic heterocycles. The highest BCUT2D eigenvalue weighted by Gasteiger charge is 2.17. The summed E-state index contributed by atoms with van der Waals surface area (Å²) >= 11 is 2.12. The zero-order valence-corrected chi connectivity index (χ0v) is 18.6. The Morgan fingerprint density at radius 3 is 2.44 bits per heavy atom. The highest BCUT2D eigenvalue weighted by molar-refractivity contribution is 14.2. The number of ether oxygens (including phenoxy) is 2. The van der Waals surface area contributed by atoms with Gasteiger partial charge < -0.3 is 19.7 Å². The van der Waals surface area contributed by atoms with Crippen molar-refractivity contribution in [2.45, 2.75) is 45.5 Å². The van der Waals surface area contributed by atoms with Gasteiger partial charge in [0, 0.05) is 19.1 Å². The van der Waals surface area contributed by atoms with Gasteiger partial charge in [0.25, 0.3) is 5.97 Å². The lowest BCUT2D eigenvalue weighted by Gasteiger charge is -2.19. The first-order valence-electron chi connectivity index (χ1n) is 8.13. The molecule has 2 N–H and O–H groups in total. The molecule has 150 valence electrons. The van der Waals surface area contributed by atoms with Gasteiger partial charge in [0.15, 0.2) is 6.10 Å². The minimum atomic E-state index is -1.22. The summed E-state index contributed by atoms with van der Waals surface area (Å²) in [4.78, 5) is 20.5. The van der Waals surface area contributed by atoms with Crippen molar-refractivity contribution in [2.24, 2.45) is 0 Å². The average molecular weight is 508 g/mol. The highest BCUT2D eigenvalue weighted by atomic mass is 127. The van der Waals surface area contributed by atoms with E-state index in [9.17, 15) is 9.90 Å². The Labute approximate surface area is 176 Å². The van der Waals surface area contributed by atoms with Crippen LogP contribution in [-0.4, -0.2) is 46.2 Å². The van der Waals surface area contributed by atoms with Crippen LogP contribution in [0.2, 0.25) is 0 Å². The number of carboxylic acids is 1. The molecule has 0 heterocycles. The monoisotopic (exact) mass is 508 g/mol. The zero-order valence-electron chi connectivity index (χ0n) is 15.6. The van der Waals surface area contributed by atoms with E-state index in [1.54, 1.807) is 8.93 Å². The zero-order chi connectivity index (χ0) is 20.7. The summed E-state index contributed by atoms with van der Waals surface area (Å²) in [5, 5.41) is 17.1. The van der Waals surface area contributed by atoms with Crippen molar-refractivity contribution in [3.63, 3.8) is 0 Å². The van der Waals surface area contributed by atoms with Gasteiger partial charge >= 0.3 is 5.97 Å². The third kappa shape index (κ3) is 15.5. The second-order valence-electron chi connectivity index (χ2n) is 5.81. The van der Waals surface area contributed by atoms with Crippen LogP contribution in [0, 0.1) is 11.8 Å². The van der Waals surface area contributed by atoms with Crippen LogP contribution in [-0.2, 0) is 25.7 Å². The number of aliphatic hydroxyl groups excluding tert-OH is 1. The van der Waals surface area contributed by atoms with Gasteiger partial charge in [0.05, 0.1) is 6.61 Å². The number of carboxylic acid groups (broad SMARTS) is 1. The van der Waals surface area contributed by atoms with Gasteiger partial charge in [-0.3, -0.25) is 4.79 Å². The van der Waals surface area contributed by atoms with E-state index in [2.05, 4.69) is 33.0 Å². The molecule has 1 aromatic rings. The third-order valence-electron chi connectivity index (χ3n) is 2.80. The minimum absolute atomic E-state index is 0.0360. The fraction of sp³-hybridized carbons (Fsp3) is 0.474. The summed E-state index contributed by atoms with van der Waals surface area (Å²) in [6.07, 6.45) is -1.18. The van der Waals surface area contributed by atoms with E-state index in [1.807, 2.05) is 44.2 Å². The minimum Gasteiger partial charge on any atom is -0.481 e. The van der Waals surface area contributed by atoms with Crippen molar-refractivity contribution in [3.8, 4) is 11.8 Å². The predicted molar refractivity (Wildman–Crippen MR) is 114 cm³/mol. The average Bonchev–Trinajstić information content (AvgIpc) is 2.60. The Balaban J connectivity index is 0.00000153. The number of benzene rings is 1. The number of hydrogen-bond acceptors (Lipinski definition) is 6. The lowest BCUT2D eigenvalue weighted by molar-refractivity contribution is -0.152. The van der Waals surface area contributed by atoms with Crippen molar-refractivity contribution in [2.75, 3.05) is 12.4 Å². The normalized spacial score (nSPS) is 11.3.